The third-order valence-electron chi connectivity index (χ3n) is 3.18. The first-order chi connectivity index (χ1) is 9.22. The van der Waals surface area contributed by atoms with Gasteiger partial charge in [0.15, 0.2) is 0 Å². The van der Waals surface area contributed by atoms with Crippen LogP contribution in [0, 0.1) is 0 Å². The Hall–Kier alpha value is -1.93. The molecule has 0 spiro atoms. The van der Waals surface area contributed by atoms with Gasteiger partial charge in [0, 0.05) is 10.6 Å². The molecule has 0 radical (unpaired) electrons. The van der Waals surface area contributed by atoms with Gasteiger partial charge in [-0.15, -0.1) is 0 Å². The predicted octanol–water partition coefficient (Wildman–Crippen LogP) is 4.61. The SMILES string of the molecule is C=C1NC(=C)C(=CC2=CC=C(c3ccccc3)C2)S1. The molecular weight excluding hydrogens is 250 g/mol. The van der Waals surface area contributed by atoms with Crippen LogP contribution in [0.5, 0.6) is 0 Å². The van der Waals surface area contributed by atoms with Crippen molar-refractivity contribution in [3.05, 3.63) is 88.5 Å². The van der Waals surface area contributed by atoms with E-state index in [0.29, 0.717) is 0 Å². The number of hydrogen-bond acceptors (Lipinski definition) is 2. The van der Waals surface area contributed by atoms with Crippen molar-refractivity contribution in [1.29, 1.82) is 0 Å². The molecule has 1 saturated heterocycles. The predicted molar refractivity (Wildman–Crippen MR) is 84.2 cm³/mol. The average molecular weight is 265 g/mol. The smallest absolute Gasteiger partial charge is 0.0701 e. The van der Waals surface area contributed by atoms with E-state index in [4.69, 9.17) is 0 Å². The highest BCUT2D eigenvalue weighted by atomic mass is 32.2. The van der Waals surface area contributed by atoms with E-state index >= 15 is 0 Å². The Bertz CT molecular complexity index is 632. The minimum absolute atomic E-state index is 0.948. The Labute approximate surface area is 118 Å². The molecule has 0 bridgehead atoms. The number of benzene rings is 1. The lowest BCUT2D eigenvalue weighted by atomic mass is 10.0. The zero-order chi connectivity index (χ0) is 13.2. The first-order valence-electron chi connectivity index (χ1n) is 6.22. The van der Waals surface area contributed by atoms with Crippen molar-refractivity contribution in [2.24, 2.45) is 0 Å². The van der Waals surface area contributed by atoms with Crippen LogP contribution < -0.4 is 5.32 Å². The highest BCUT2D eigenvalue weighted by Crippen LogP contribution is 2.37. The van der Waals surface area contributed by atoms with Gasteiger partial charge in [-0.25, -0.2) is 0 Å². The number of allylic oxidation sites excluding steroid dienone is 5. The van der Waals surface area contributed by atoms with E-state index in [2.05, 4.69) is 61.0 Å². The van der Waals surface area contributed by atoms with Gasteiger partial charge in [0.1, 0.15) is 0 Å². The van der Waals surface area contributed by atoms with Crippen molar-refractivity contribution in [2.45, 2.75) is 6.42 Å². The Balaban J connectivity index is 1.74. The van der Waals surface area contributed by atoms with Gasteiger partial charge in [0.25, 0.3) is 0 Å². The molecule has 0 amide bonds. The lowest BCUT2D eigenvalue weighted by Crippen LogP contribution is -1.99. The quantitative estimate of drug-likeness (QED) is 0.838. The fourth-order valence-corrected chi connectivity index (χ4v) is 3.05. The van der Waals surface area contributed by atoms with Crippen LogP contribution in [0.4, 0.5) is 0 Å². The number of hydrogen-bond donors (Lipinski definition) is 1. The van der Waals surface area contributed by atoms with Gasteiger partial charge in [0.05, 0.1) is 5.03 Å². The molecule has 1 aromatic carbocycles. The fraction of sp³-hybridized carbons (Fsp3) is 0.0588. The van der Waals surface area contributed by atoms with Crippen LogP contribution in [0.2, 0.25) is 0 Å². The third kappa shape index (κ3) is 2.59. The third-order valence-corrected chi connectivity index (χ3v) is 4.11. The molecular formula is C17H15NS. The molecule has 3 rings (SSSR count). The monoisotopic (exact) mass is 265 g/mol. The van der Waals surface area contributed by atoms with Crippen LogP contribution >= 0.6 is 11.8 Å². The molecule has 19 heavy (non-hydrogen) atoms. The van der Waals surface area contributed by atoms with Crippen molar-refractivity contribution in [1.82, 2.24) is 5.32 Å². The topological polar surface area (TPSA) is 12.0 Å². The molecule has 0 aromatic heterocycles. The average Bonchev–Trinajstić information content (AvgIpc) is 2.99. The summed E-state index contributed by atoms with van der Waals surface area (Å²) < 4.78 is 0. The first-order valence-corrected chi connectivity index (χ1v) is 7.04. The second-order valence-electron chi connectivity index (χ2n) is 4.61. The van der Waals surface area contributed by atoms with Crippen molar-refractivity contribution in [3.8, 4) is 0 Å². The highest BCUT2D eigenvalue weighted by molar-refractivity contribution is 8.07. The fourth-order valence-electron chi connectivity index (χ4n) is 2.23. The molecule has 1 aromatic rings. The Kier molecular flexibility index (Phi) is 3.18. The van der Waals surface area contributed by atoms with Crippen LogP contribution in [0.25, 0.3) is 5.57 Å². The van der Waals surface area contributed by atoms with Gasteiger partial charge in [0.2, 0.25) is 0 Å². The summed E-state index contributed by atoms with van der Waals surface area (Å²) in [5.41, 5.74) is 4.93. The second kappa shape index (κ2) is 4.98. The van der Waals surface area contributed by atoms with E-state index in [9.17, 15) is 0 Å². The lowest BCUT2D eigenvalue weighted by molar-refractivity contribution is 1.12. The van der Waals surface area contributed by atoms with Crippen LogP contribution in [0.3, 0.4) is 0 Å². The van der Waals surface area contributed by atoms with Crippen molar-refractivity contribution >= 4 is 17.3 Å². The normalized spacial score (nSPS) is 20.5. The molecule has 1 aliphatic carbocycles. The van der Waals surface area contributed by atoms with E-state index in [1.54, 1.807) is 11.8 Å². The molecule has 2 heteroatoms. The van der Waals surface area contributed by atoms with Gasteiger partial charge in [-0.05, 0) is 29.2 Å². The van der Waals surface area contributed by atoms with Crippen LogP contribution in [-0.2, 0) is 0 Å². The molecule has 0 saturated carbocycles. The zero-order valence-corrected chi connectivity index (χ0v) is 11.5. The van der Waals surface area contributed by atoms with Gasteiger partial charge in [-0.2, -0.15) is 0 Å². The molecule has 1 N–H and O–H groups in total. The number of thioether (sulfide) groups is 1. The van der Waals surface area contributed by atoms with Crippen LogP contribution in [-0.4, -0.2) is 0 Å². The minimum Gasteiger partial charge on any atom is -0.350 e. The van der Waals surface area contributed by atoms with E-state index in [-0.39, 0.29) is 0 Å². The van der Waals surface area contributed by atoms with Crippen molar-refractivity contribution in [2.75, 3.05) is 0 Å². The molecule has 1 fully saturated rings. The zero-order valence-electron chi connectivity index (χ0n) is 10.6. The Morgan fingerprint density at radius 2 is 1.89 bits per heavy atom. The van der Waals surface area contributed by atoms with Gasteiger partial charge >= 0.3 is 0 Å². The summed E-state index contributed by atoms with van der Waals surface area (Å²) in [6.45, 7) is 7.91. The Morgan fingerprint density at radius 3 is 2.58 bits per heavy atom. The van der Waals surface area contributed by atoms with Gasteiger partial charge < -0.3 is 5.32 Å². The molecule has 1 heterocycles. The lowest BCUT2D eigenvalue weighted by Gasteiger charge is -2.03. The van der Waals surface area contributed by atoms with E-state index < -0.39 is 0 Å². The van der Waals surface area contributed by atoms with Gasteiger partial charge in [-0.3, -0.25) is 0 Å². The highest BCUT2D eigenvalue weighted by Gasteiger charge is 2.17. The summed E-state index contributed by atoms with van der Waals surface area (Å²) in [4.78, 5) is 1.17. The summed E-state index contributed by atoms with van der Waals surface area (Å²) >= 11 is 1.65. The van der Waals surface area contributed by atoms with Crippen LogP contribution in [0.15, 0.2) is 82.9 Å². The summed E-state index contributed by atoms with van der Waals surface area (Å²) in [6.07, 6.45) is 7.56. The minimum atomic E-state index is 0.948. The number of nitrogens with one attached hydrogen (secondary N) is 1. The van der Waals surface area contributed by atoms with E-state index in [0.717, 1.165) is 17.1 Å². The second-order valence-corrected chi connectivity index (χ2v) is 5.75. The number of rotatable bonds is 2. The van der Waals surface area contributed by atoms with Gasteiger partial charge in [-0.1, -0.05) is 67.4 Å². The summed E-state index contributed by atoms with van der Waals surface area (Å²) in [5, 5.41) is 4.10. The van der Waals surface area contributed by atoms with Crippen molar-refractivity contribution in [3.63, 3.8) is 0 Å². The maximum absolute atomic E-state index is 4.00. The molecule has 1 aliphatic heterocycles. The van der Waals surface area contributed by atoms with E-state index in [1.165, 1.54) is 21.6 Å². The summed E-state index contributed by atoms with van der Waals surface area (Å²) in [6, 6.07) is 10.5. The largest absolute Gasteiger partial charge is 0.350 e. The molecule has 2 aliphatic rings. The molecule has 94 valence electrons. The maximum atomic E-state index is 4.00. The summed E-state index contributed by atoms with van der Waals surface area (Å²) in [5.74, 6) is 0. The van der Waals surface area contributed by atoms with Crippen LogP contribution in [0.1, 0.15) is 12.0 Å². The molecule has 1 nitrogen and oxygen atoms in total. The first kappa shape index (κ1) is 12.1. The summed E-state index contributed by atoms with van der Waals surface area (Å²) in [7, 11) is 0. The maximum Gasteiger partial charge on any atom is 0.0701 e. The van der Waals surface area contributed by atoms with E-state index in [1.807, 2.05) is 6.07 Å². The molecule has 0 unspecified atom stereocenters. The standard InChI is InChI=1S/C17H15NS/c1-12-17(19-13(2)18-12)11-14-8-9-16(10-14)15-6-4-3-5-7-15/h3-9,11,18H,1-2,10H2. The Morgan fingerprint density at radius 1 is 1.11 bits per heavy atom. The van der Waals surface area contributed by atoms with Crippen molar-refractivity contribution < 1.29 is 0 Å². The molecule has 0 atom stereocenters.